The van der Waals surface area contributed by atoms with E-state index in [-0.39, 0.29) is 23.3 Å². The predicted molar refractivity (Wildman–Crippen MR) is 119 cm³/mol. The zero-order chi connectivity index (χ0) is 22.1. The second-order valence-electron chi connectivity index (χ2n) is 9.53. The first kappa shape index (κ1) is 21.3. The molecule has 32 heavy (non-hydrogen) atoms. The number of hydrogen-bond acceptors (Lipinski definition) is 4. The maximum absolute atomic E-state index is 14.1. The zero-order valence-electron chi connectivity index (χ0n) is 18.5. The van der Waals surface area contributed by atoms with E-state index in [9.17, 15) is 14.0 Å². The SMILES string of the molecule is O=C(CC1CCCC1)N1CCC[C@@H]1c1nc2c(c(=O)[nH]1)CCN(Cc1ccccc1F)C2. The number of aromatic amines is 1. The van der Waals surface area contributed by atoms with Crippen molar-refractivity contribution in [3.63, 3.8) is 0 Å². The van der Waals surface area contributed by atoms with Crippen LogP contribution in [0, 0.1) is 11.7 Å². The first-order chi connectivity index (χ1) is 15.6. The molecule has 3 aliphatic rings. The van der Waals surface area contributed by atoms with Crippen LogP contribution in [0.4, 0.5) is 4.39 Å². The summed E-state index contributed by atoms with van der Waals surface area (Å²) in [7, 11) is 0. The molecular formula is C25H31FN4O2. The van der Waals surface area contributed by atoms with Gasteiger partial charge in [0.1, 0.15) is 11.6 Å². The largest absolute Gasteiger partial charge is 0.333 e. The molecule has 5 rings (SSSR count). The van der Waals surface area contributed by atoms with E-state index in [4.69, 9.17) is 4.98 Å². The Morgan fingerprint density at radius 2 is 1.94 bits per heavy atom. The first-order valence-corrected chi connectivity index (χ1v) is 12.0. The quantitative estimate of drug-likeness (QED) is 0.773. The second kappa shape index (κ2) is 9.14. The average molecular weight is 439 g/mol. The summed E-state index contributed by atoms with van der Waals surface area (Å²) in [5.41, 5.74) is 2.05. The van der Waals surface area contributed by atoms with Gasteiger partial charge >= 0.3 is 0 Å². The molecule has 3 heterocycles. The normalized spacial score (nSPS) is 21.8. The van der Waals surface area contributed by atoms with Crippen LogP contribution in [0.2, 0.25) is 0 Å². The number of fused-ring (bicyclic) bond motifs is 1. The highest BCUT2D eigenvalue weighted by Gasteiger charge is 2.34. The number of rotatable bonds is 5. The minimum Gasteiger partial charge on any atom is -0.333 e. The molecular weight excluding hydrogens is 407 g/mol. The van der Waals surface area contributed by atoms with Crippen LogP contribution >= 0.6 is 0 Å². The molecule has 2 aromatic rings. The average Bonchev–Trinajstić information content (AvgIpc) is 3.47. The minimum absolute atomic E-state index is 0.0920. The van der Waals surface area contributed by atoms with Crippen LogP contribution in [0.15, 0.2) is 29.1 Å². The number of hydrogen-bond donors (Lipinski definition) is 1. The van der Waals surface area contributed by atoms with E-state index in [1.807, 2.05) is 11.0 Å². The maximum atomic E-state index is 14.1. The van der Waals surface area contributed by atoms with Crippen molar-refractivity contribution in [2.24, 2.45) is 5.92 Å². The third kappa shape index (κ3) is 4.35. The molecule has 2 aliphatic heterocycles. The summed E-state index contributed by atoms with van der Waals surface area (Å²) in [6.07, 6.45) is 7.72. The molecule has 0 unspecified atom stereocenters. The number of amides is 1. The molecule has 2 fully saturated rings. The van der Waals surface area contributed by atoms with Gasteiger partial charge in [-0.05, 0) is 44.1 Å². The Labute approximate surface area is 187 Å². The van der Waals surface area contributed by atoms with Crippen LogP contribution in [0.3, 0.4) is 0 Å². The fourth-order valence-corrected chi connectivity index (χ4v) is 5.60. The highest BCUT2D eigenvalue weighted by Crippen LogP contribution is 2.34. The van der Waals surface area contributed by atoms with Crippen molar-refractivity contribution in [3.8, 4) is 0 Å². The molecule has 6 nitrogen and oxygen atoms in total. The third-order valence-corrected chi connectivity index (χ3v) is 7.35. The molecule has 0 radical (unpaired) electrons. The topological polar surface area (TPSA) is 69.3 Å². The van der Waals surface area contributed by atoms with Crippen LogP contribution in [-0.4, -0.2) is 38.8 Å². The fourth-order valence-electron chi connectivity index (χ4n) is 5.60. The third-order valence-electron chi connectivity index (χ3n) is 7.35. The van der Waals surface area contributed by atoms with Gasteiger partial charge in [-0.3, -0.25) is 14.5 Å². The van der Waals surface area contributed by atoms with Crippen LogP contribution in [0.25, 0.3) is 0 Å². The van der Waals surface area contributed by atoms with Crippen LogP contribution in [-0.2, 0) is 24.3 Å². The lowest BCUT2D eigenvalue weighted by atomic mass is 10.0. The number of nitrogens with one attached hydrogen (secondary N) is 1. The maximum Gasteiger partial charge on any atom is 0.254 e. The number of carbonyl (C=O) groups is 1. The number of benzene rings is 1. The van der Waals surface area contributed by atoms with E-state index in [0.717, 1.165) is 43.5 Å². The van der Waals surface area contributed by atoms with Crippen molar-refractivity contribution in [1.29, 1.82) is 0 Å². The van der Waals surface area contributed by atoms with Gasteiger partial charge in [0.25, 0.3) is 5.56 Å². The lowest BCUT2D eigenvalue weighted by molar-refractivity contribution is -0.133. The number of H-pyrrole nitrogens is 1. The monoisotopic (exact) mass is 438 g/mol. The van der Waals surface area contributed by atoms with Gasteiger partial charge in [-0.15, -0.1) is 0 Å². The number of nitrogens with zero attached hydrogens (tertiary/aromatic N) is 3. The van der Waals surface area contributed by atoms with Crippen LogP contribution in [0.5, 0.6) is 0 Å². The molecule has 1 aromatic heterocycles. The zero-order valence-corrected chi connectivity index (χ0v) is 18.5. The van der Waals surface area contributed by atoms with Gasteiger partial charge in [0, 0.05) is 43.7 Å². The minimum atomic E-state index is -0.208. The predicted octanol–water partition coefficient (Wildman–Crippen LogP) is 3.71. The van der Waals surface area contributed by atoms with Gasteiger partial charge in [0.2, 0.25) is 5.91 Å². The summed E-state index contributed by atoms with van der Waals surface area (Å²) in [6.45, 7) is 2.44. The van der Waals surface area contributed by atoms with E-state index >= 15 is 0 Å². The molecule has 1 aromatic carbocycles. The van der Waals surface area contributed by atoms with Crippen LogP contribution in [0.1, 0.15) is 73.6 Å². The molecule has 1 aliphatic carbocycles. The number of likely N-dealkylation sites (tertiary alicyclic amines) is 1. The Kier molecular flexibility index (Phi) is 6.09. The van der Waals surface area contributed by atoms with Gasteiger partial charge < -0.3 is 9.88 Å². The molecule has 0 bridgehead atoms. The van der Waals surface area contributed by atoms with Gasteiger partial charge in [-0.1, -0.05) is 31.0 Å². The Balaban J connectivity index is 1.34. The lowest BCUT2D eigenvalue weighted by Gasteiger charge is -2.29. The Morgan fingerprint density at radius 1 is 1.12 bits per heavy atom. The molecule has 1 saturated heterocycles. The van der Waals surface area contributed by atoms with E-state index < -0.39 is 0 Å². The van der Waals surface area contributed by atoms with Crippen molar-refractivity contribution in [2.75, 3.05) is 13.1 Å². The first-order valence-electron chi connectivity index (χ1n) is 12.0. The molecule has 0 spiro atoms. The standard InChI is InChI=1S/C25H31FN4O2/c26-20-9-4-3-8-18(20)15-29-13-11-19-21(16-29)27-24(28-25(19)32)22-10-5-12-30(22)23(31)14-17-6-1-2-7-17/h3-4,8-9,17,22H,1-2,5-7,10-16H2,(H,27,28,32)/t22-/m1/s1. The Bertz CT molecular complexity index is 1050. The molecule has 1 amide bonds. The molecule has 1 atom stereocenters. The van der Waals surface area contributed by atoms with Gasteiger partial charge in [0.15, 0.2) is 0 Å². The summed E-state index contributed by atoms with van der Waals surface area (Å²) in [4.78, 5) is 37.8. The second-order valence-corrected chi connectivity index (χ2v) is 9.53. The molecule has 1 saturated carbocycles. The van der Waals surface area contributed by atoms with E-state index in [1.54, 1.807) is 12.1 Å². The smallest absolute Gasteiger partial charge is 0.254 e. The van der Waals surface area contributed by atoms with Crippen molar-refractivity contribution in [2.45, 2.75) is 70.5 Å². The summed E-state index contributed by atoms with van der Waals surface area (Å²) in [5, 5.41) is 0. The molecule has 170 valence electrons. The molecule has 7 heteroatoms. The Hall–Kier alpha value is -2.54. The van der Waals surface area contributed by atoms with E-state index in [0.29, 0.717) is 49.8 Å². The van der Waals surface area contributed by atoms with Crippen molar-refractivity contribution >= 4 is 5.91 Å². The fraction of sp³-hybridized carbons (Fsp3) is 0.560. The van der Waals surface area contributed by atoms with Crippen LogP contribution < -0.4 is 5.56 Å². The Morgan fingerprint density at radius 3 is 2.75 bits per heavy atom. The highest BCUT2D eigenvalue weighted by atomic mass is 19.1. The highest BCUT2D eigenvalue weighted by molar-refractivity contribution is 5.77. The van der Waals surface area contributed by atoms with E-state index in [2.05, 4.69) is 9.88 Å². The number of aromatic nitrogens is 2. The summed E-state index contributed by atoms with van der Waals surface area (Å²) in [6, 6.07) is 6.66. The number of carbonyl (C=O) groups excluding carboxylic acids is 1. The number of halogens is 1. The summed E-state index contributed by atoms with van der Waals surface area (Å²) < 4.78 is 14.1. The van der Waals surface area contributed by atoms with Crippen molar-refractivity contribution in [1.82, 2.24) is 19.8 Å². The summed E-state index contributed by atoms with van der Waals surface area (Å²) >= 11 is 0. The molecule has 1 N–H and O–H groups in total. The van der Waals surface area contributed by atoms with Crippen molar-refractivity contribution in [3.05, 3.63) is 63.1 Å². The lowest BCUT2D eigenvalue weighted by Crippen LogP contribution is -2.37. The van der Waals surface area contributed by atoms with Crippen molar-refractivity contribution < 1.29 is 9.18 Å². The van der Waals surface area contributed by atoms with Gasteiger partial charge in [0.05, 0.1) is 11.7 Å². The van der Waals surface area contributed by atoms with Gasteiger partial charge in [-0.25, -0.2) is 9.37 Å². The van der Waals surface area contributed by atoms with Gasteiger partial charge in [-0.2, -0.15) is 0 Å². The summed E-state index contributed by atoms with van der Waals surface area (Å²) in [5.74, 6) is 1.10. The van der Waals surface area contributed by atoms with E-state index in [1.165, 1.54) is 18.9 Å².